The standard InChI is InChI=1S/C24H27N5/c1-16(2)13-17-7-9-18(10-8-17)21-15-22(26-25-21)19-11-12-24-23(14-19)27-28-29(24)20-5-3-4-6-20/h7-12,14,16,20H,3-6,13,15H2,1-2H3. The number of nitrogens with zero attached hydrogens (tertiary/aromatic N) is 5. The van der Waals surface area contributed by atoms with Crippen LogP contribution in [0.1, 0.15) is 68.7 Å². The van der Waals surface area contributed by atoms with E-state index in [0.29, 0.717) is 12.0 Å². The van der Waals surface area contributed by atoms with Crippen LogP contribution in [0.5, 0.6) is 0 Å². The number of benzene rings is 2. The second kappa shape index (κ2) is 7.54. The summed E-state index contributed by atoms with van der Waals surface area (Å²) in [5.74, 6) is 0.668. The van der Waals surface area contributed by atoms with Crippen molar-refractivity contribution in [2.24, 2.45) is 16.1 Å². The lowest BCUT2D eigenvalue weighted by molar-refractivity contribution is 0.467. The third kappa shape index (κ3) is 3.61. The van der Waals surface area contributed by atoms with Crippen molar-refractivity contribution >= 4 is 22.5 Å². The highest BCUT2D eigenvalue weighted by atomic mass is 15.4. The van der Waals surface area contributed by atoms with Gasteiger partial charge in [0.05, 0.1) is 23.0 Å². The van der Waals surface area contributed by atoms with Gasteiger partial charge in [-0.3, -0.25) is 0 Å². The minimum absolute atomic E-state index is 0.503. The van der Waals surface area contributed by atoms with Gasteiger partial charge in [0.1, 0.15) is 5.52 Å². The number of aromatic nitrogens is 3. The van der Waals surface area contributed by atoms with Crippen LogP contribution >= 0.6 is 0 Å². The molecule has 1 aliphatic heterocycles. The SMILES string of the molecule is CC(C)Cc1ccc(C2=NN=C(c3ccc4c(c3)nnn4C3CCCC3)C2)cc1. The highest BCUT2D eigenvalue weighted by Gasteiger charge is 2.21. The number of hydrogen-bond acceptors (Lipinski definition) is 4. The van der Waals surface area contributed by atoms with Gasteiger partial charge < -0.3 is 0 Å². The van der Waals surface area contributed by atoms with Crippen LogP contribution in [0, 0.1) is 5.92 Å². The number of hydrogen-bond donors (Lipinski definition) is 0. The molecule has 2 heterocycles. The molecule has 0 amide bonds. The maximum atomic E-state index is 4.48. The van der Waals surface area contributed by atoms with Crippen LogP contribution in [0.4, 0.5) is 0 Å². The van der Waals surface area contributed by atoms with Gasteiger partial charge in [-0.25, -0.2) is 4.68 Å². The topological polar surface area (TPSA) is 55.4 Å². The first kappa shape index (κ1) is 18.2. The van der Waals surface area contributed by atoms with Crippen molar-refractivity contribution in [3.8, 4) is 0 Å². The summed E-state index contributed by atoms with van der Waals surface area (Å²) in [6.45, 7) is 4.50. The molecule has 1 fully saturated rings. The summed E-state index contributed by atoms with van der Waals surface area (Å²) in [6, 6.07) is 15.7. The fraction of sp³-hybridized carbons (Fsp3) is 0.417. The quantitative estimate of drug-likeness (QED) is 0.595. The largest absolute Gasteiger partial charge is 0.242 e. The first-order valence-corrected chi connectivity index (χ1v) is 10.8. The lowest BCUT2D eigenvalue weighted by Crippen LogP contribution is -2.07. The molecule has 3 aromatic rings. The van der Waals surface area contributed by atoms with Gasteiger partial charge in [0.2, 0.25) is 0 Å². The van der Waals surface area contributed by atoms with Crippen molar-refractivity contribution in [3.05, 3.63) is 59.2 Å². The molecule has 0 spiro atoms. The van der Waals surface area contributed by atoms with Crippen LogP contribution < -0.4 is 0 Å². The van der Waals surface area contributed by atoms with Gasteiger partial charge in [-0.05, 0) is 48.4 Å². The Hall–Kier alpha value is -2.82. The average molecular weight is 386 g/mol. The summed E-state index contributed by atoms with van der Waals surface area (Å²) in [4.78, 5) is 0. The molecule has 1 aromatic heterocycles. The Morgan fingerprint density at radius 1 is 0.931 bits per heavy atom. The Morgan fingerprint density at radius 2 is 1.62 bits per heavy atom. The monoisotopic (exact) mass is 385 g/mol. The highest BCUT2D eigenvalue weighted by Crippen LogP contribution is 2.31. The van der Waals surface area contributed by atoms with Crippen molar-refractivity contribution in [3.63, 3.8) is 0 Å². The molecule has 1 saturated carbocycles. The fourth-order valence-corrected chi connectivity index (χ4v) is 4.51. The van der Waals surface area contributed by atoms with Gasteiger partial charge in [-0.1, -0.05) is 62.2 Å². The lowest BCUT2D eigenvalue weighted by atomic mass is 9.97. The van der Waals surface area contributed by atoms with Gasteiger partial charge in [-0.15, -0.1) is 5.10 Å². The predicted molar refractivity (Wildman–Crippen MR) is 118 cm³/mol. The molecule has 0 unspecified atom stereocenters. The van der Waals surface area contributed by atoms with Crippen LogP contribution in [0.3, 0.4) is 0 Å². The normalized spacial score (nSPS) is 17.3. The predicted octanol–water partition coefficient (Wildman–Crippen LogP) is 5.34. The van der Waals surface area contributed by atoms with Crippen LogP contribution in [0.25, 0.3) is 11.0 Å². The Bertz CT molecular complexity index is 1080. The minimum Gasteiger partial charge on any atom is -0.242 e. The van der Waals surface area contributed by atoms with E-state index in [4.69, 9.17) is 0 Å². The van der Waals surface area contributed by atoms with Crippen molar-refractivity contribution in [2.45, 2.75) is 58.4 Å². The van der Waals surface area contributed by atoms with E-state index in [-0.39, 0.29) is 0 Å². The van der Waals surface area contributed by atoms with Crippen molar-refractivity contribution < 1.29 is 0 Å². The molecule has 0 N–H and O–H groups in total. The number of fused-ring (bicyclic) bond motifs is 1. The highest BCUT2D eigenvalue weighted by molar-refractivity contribution is 6.20. The summed E-state index contributed by atoms with van der Waals surface area (Å²) >= 11 is 0. The van der Waals surface area contributed by atoms with Crippen molar-refractivity contribution in [1.82, 2.24) is 15.0 Å². The van der Waals surface area contributed by atoms with Gasteiger partial charge in [0.15, 0.2) is 0 Å². The molecule has 0 radical (unpaired) electrons. The van der Waals surface area contributed by atoms with Gasteiger partial charge >= 0.3 is 0 Å². The summed E-state index contributed by atoms with van der Waals surface area (Å²) in [5.41, 5.74) is 7.73. The summed E-state index contributed by atoms with van der Waals surface area (Å²) in [6.07, 6.45) is 6.86. The number of rotatable bonds is 5. The Kier molecular flexibility index (Phi) is 4.74. The van der Waals surface area contributed by atoms with E-state index in [0.717, 1.165) is 46.4 Å². The fourth-order valence-electron chi connectivity index (χ4n) is 4.51. The molecule has 148 valence electrons. The minimum atomic E-state index is 0.503. The van der Waals surface area contributed by atoms with E-state index < -0.39 is 0 Å². The molecule has 29 heavy (non-hydrogen) atoms. The van der Waals surface area contributed by atoms with E-state index in [9.17, 15) is 0 Å². The van der Waals surface area contributed by atoms with E-state index >= 15 is 0 Å². The maximum Gasteiger partial charge on any atom is 0.113 e. The molecule has 0 saturated heterocycles. The van der Waals surface area contributed by atoms with E-state index in [2.05, 4.69) is 81.5 Å². The maximum absolute atomic E-state index is 4.48. The van der Waals surface area contributed by atoms with Crippen LogP contribution in [-0.2, 0) is 6.42 Å². The Balaban J connectivity index is 1.32. The molecule has 5 heteroatoms. The zero-order chi connectivity index (χ0) is 19.8. The molecule has 0 atom stereocenters. The molecule has 1 aliphatic carbocycles. The molecule has 5 nitrogen and oxygen atoms in total. The summed E-state index contributed by atoms with van der Waals surface area (Å²) < 4.78 is 2.11. The van der Waals surface area contributed by atoms with Gasteiger partial charge in [0, 0.05) is 12.0 Å². The second-order valence-corrected chi connectivity index (χ2v) is 8.74. The zero-order valence-electron chi connectivity index (χ0n) is 17.2. The molecule has 0 bridgehead atoms. The molecule has 5 rings (SSSR count). The smallest absolute Gasteiger partial charge is 0.113 e. The Labute approximate surface area is 171 Å². The molecule has 2 aliphatic rings. The Morgan fingerprint density at radius 3 is 2.34 bits per heavy atom. The van der Waals surface area contributed by atoms with Gasteiger partial charge in [-0.2, -0.15) is 10.2 Å². The molecule has 2 aromatic carbocycles. The van der Waals surface area contributed by atoms with E-state index in [1.807, 2.05) is 0 Å². The van der Waals surface area contributed by atoms with Crippen molar-refractivity contribution in [1.29, 1.82) is 0 Å². The van der Waals surface area contributed by atoms with E-state index in [1.165, 1.54) is 31.2 Å². The molecular weight excluding hydrogens is 358 g/mol. The first-order chi connectivity index (χ1) is 14.2. The average Bonchev–Trinajstić information content (AvgIpc) is 3.47. The second-order valence-electron chi connectivity index (χ2n) is 8.74. The lowest BCUT2D eigenvalue weighted by Gasteiger charge is -2.10. The molecular formula is C24H27N5. The van der Waals surface area contributed by atoms with Crippen LogP contribution in [0.15, 0.2) is 52.7 Å². The van der Waals surface area contributed by atoms with Crippen LogP contribution in [-0.4, -0.2) is 26.4 Å². The van der Waals surface area contributed by atoms with Gasteiger partial charge in [0.25, 0.3) is 0 Å². The van der Waals surface area contributed by atoms with Crippen molar-refractivity contribution in [2.75, 3.05) is 0 Å². The third-order valence-corrected chi connectivity index (χ3v) is 6.03. The van der Waals surface area contributed by atoms with Crippen LogP contribution in [0.2, 0.25) is 0 Å². The summed E-state index contributed by atoms with van der Waals surface area (Å²) in [7, 11) is 0. The van der Waals surface area contributed by atoms with E-state index in [1.54, 1.807) is 0 Å². The summed E-state index contributed by atoms with van der Waals surface area (Å²) in [5, 5.41) is 17.8. The third-order valence-electron chi connectivity index (χ3n) is 6.03. The zero-order valence-corrected chi connectivity index (χ0v) is 17.2. The first-order valence-electron chi connectivity index (χ1n) is 10.8.